The van der Waals surface area contributed by atoms with Crippen LogP contribution in [0, 0.1) is 0 Å². The van der Waals surface area contributed by atoms with Crippen LogP contribution in [0.15, 0.2) is 35.2 Å². The van der Waals surface area contributed by atoms with E-state index in [1.165, 1.54) is 29.6 Å². The molecule has 0 unspecified atom stereocenters. The molecular formula is C23H27ClN2O6S. The molecule has 178 valence electrons. The smallest absolute Gasteiger partial charge is 0.255 e. The number of carbonyl (C=O) groups excluding carboxylic acids is 1. The summed E-state index contributed by atoms with van der Waals surface area (Å²) in [6.07, 6.45) is 4.43. The minimum Gasteiger partial charge on any atom is -0.495 e. The number of nitrogens with zero attached hydrogens (tertiary/aromatic N) is 1. The SMILES string of the molecule is COc1ccc(S(=O)(=O)N2CCCCCC2)cc1NC(=O)c1cc(Cl)c2c(c1)OCCCO2. The van der Waals surface area contributed by atoms with Crippen molar-refractivity contribution in [2.75, 3.05) is 38.7 Å². The van der Waals surface area contributed by atoms with Gasteiger partial charge in [-0.1, -0.05) is 24.4 Å². The maximum atomic E-state index is 13.2. The zero-order chi connectivity index (χ0) is 23.4. The molecule has 0 atom stereocenters. The number of amides is 1. The van der Waals surface area contributed by atoms with Crippen LogP contribution in [-0.2, 0) is 10.0 Å². The zero-order valence-electron chi connectivity index (χ0n) is 18.4. The monoisotopic (exact) mass is 494 g/mol. The van der Waals surface area contributed by atoms with Crippen LogP contribution in [0.4, 0.5) is 5.69 Å². The number of fused-ring (bicyclic) bond motifs is 1. The Morgan fingerprint density at radius 3 is 2.48 bits per heavy atom. The Bertz CT molecular complexity index is 1130. The van der Waals surface area contributed by atoms with Crippen LogP contribution >= 0.6 is 11.6 Å². The van der Waals surface area contributed by atoms with E-state index < -0.39 is 15.9 Å². The number of benzene rings is 2. The quantitative estimate of drug-likeness (QED) is 0.665. The van der Waals surface area contributed by atoms with Crippen molar-refractivity contribution in [2.45, 2.75) is 37.0 Å². The van der Waals surface area contributed by atoms with Gasteiger partial charge >= 0.3 is 0 Å². The highest BCUT2D eigenvalue weighted by Gasteiger charge is 2.27. The number of methoxy groups -OCH3 is 1. The number of sulfonamides is 1. The van der Waals surface area contributed by atoms with Crippen molar-refractivity contribution in [2.24, 2.45) is 0 Å². The Hall–Kier alpha value is -2.49. The van der Waals surface area contributed by atoms with Crippen LogP contribution < -0.4 is 19.5 Å². The Kier molecular flexibility index (Phi) is 7.31. The van der Waals surface area contributed by atoms with Crippen LogP contribution in [0.2, 0.25) is 5.02 Å². The number of carbonyl (C=O) groups is 1. The first-order chi connectivity index (χ1) is 15.9. The van der Waals surface area contributed by atoms with Gasteiger partial charge < -0.3 is 19.5 Å². The van der Waals surface area contributed by atoms with Crippen LogP contribution in [0.5, 0.6) is 17.2 Å². The lowest BCUT2D eigenvalue weighted by atomic mass is 10.1. The minimum atomic E-state index is -3.69. The lowest BCUT2D eigenvalue weighted by Crippen LogP contribution is -2.32. The molecule has 1 amide bonds. The Labute approximate surface area is 198 Å². The van der Waals surface area contributed by atoms with Gasteiger partial charge in [-0.25, -0.2) is 8.42 Å². The largest absolute Gasteiger partial charge is 0.495 e. The van der Waals surface area contributed by atoms with Crippen molar-refractivity contribution in [1.29, 1.82) is 0 Å². The van der Waals surface area contributed by atoms with E-state index in [0.717, 1.165) is 25.7 Å². The molecule has 2 aliphatic rings. The molecule has 33 heavy (non-hydrogen) atoms. The summed E-state index contributed by atoms with van der Waals surface area (Å²) in [5.41, 5.74) is 0.508. The van der Waals surface area contributed by atoms with E-state index in [1.54, 1.807) is 12.1 Å². The zero-order valence-corrected chi connectivity index (χ0v) is 20.0. The van der Waals surface area contributed by atoms with Gasteiger partial charge in [0.05, 0.1) is 35.9 Å². The average molecular weight is 495 g/mol. The second kappa shape index (κ2) is 10.2. The van der Waals surface area contributed by atoms with Crippen LogP contribution in [-0.4, -0.2) is 52.0 Å². The fourth-order valence-electron chi connectivity index (χ4n) is 3.93. The van der Waals surface area contributed by atoms with Gasteiger partial charge in [0, 0.05) is 25.1 Å². The molecule has 0 spiro atoms. The van der Waals surface area contributed by atoms with Gasteiger partial charge in [0.25, 0.3) is 5.91 Å². The predicted octanol–water partition coefficient (Wildman–Crippen LogP) is 4.33. The molecular weight excluding hydrogens is 468 g/mol. The highest BCUT2D eigenvalue weighted by molar-refractivity contribution is 7.89. The summed E-state index contributed by atoms with van der Waals surface area (Å²) >= 11 is 6.32. The Morgan fingerprint density at radius 2 is 1.76 bits per heavy atom. The molecule has 1 N–H and O–H groups in total. The molecule has 10 heteroatoms. The van der Waals surface area contributed by atoms with E-state index in [9.17, 15) is 13.2 Å². The normalized spacial score (nSPS) is 17.0. The number of hydrogen-bond acceptors (Lipinski definition) is 6. The Balaban J connectivity index is 1.62. The summed E-state index contributed by atoms with van der Waals surface area (Å²) in [5.74, 6) is 0.678. The topological polar surface area (TPSA) is 94.2 Å². The maximum absolute atomic E-state index is 13.2. The molecule has 2 aromatic carbocycles. The standard InChI is InChI=1S/C23H27ClN2O6S/c1-30-20-8-7-17(33(28,29)26-9-4-2-3-5-10-26)15-19(20)25-23(27)16-13-18(24)22-21(14-16)31-11-6-12-32-22/h7-8,13-15H,2-6,9-12H2,1H3,(H,25,27). The summed E-state index contributed by atoms with van der Waals surface area (Å²) < 4.78 is 44.5. The van der Waals surface area contributed by atoms with Gasteiger partial charge in [0.15, 0.2) is 11.5 Å². The molecule has 2 aromatic rings. The van der Waals surface area contributed by atoms with E-state index in [0.29, 0.717) is 50.0 Å². The van der Waals surface area contributed by atoms with Crippen molar-refractivity contribution >= 4 is 33.2 Å². The van der Waals surface area contributed by atoms with Crippen molar-refractivity contribution in [3.05, 3.63) is 40.9 Å². The van der Waals surface area contributed by atoms with Gasteiger partial charge in [-0.05, 0) is 43.2 Å². The highest BCUT2D eigenvalue weighted by atomic mass is 35.5. The first kappa shape index (κ1) is 23.7. The molecule has 0 saturated carbocycles. The summed E-state index contributed by atoms with van der Waals surface area (Å²) in [4.78, 5) is 13.1. The summed E-state index contributed by atoms with van der Waals surface area (Å²) in [7, 11) is -2.23. The molecule has 0 radical (unpaired) electrons. The molecule has 0 aliphatic carbocycles. The molecule has 0 aromatic heterocycles. The third-order valence-electron chi connectivity index (χ3n) is 5.69. The number of ether oxygens (including phenoxy) is 3. The molecule has 0 bridgehead atoms. The Morgan fingerprint density at radius 1 is 1.03 bits per heavy atom. The molecule has 4 rings (SSSR count). The third-order valence-corrected chi connectivity index (χ3v) is 7.86. The summed E-state index contributed by atoms with van der Waals surface area (Å²) in [6.45, 7) is 1.92. The number of halogens is 1. The van der Waals surface area contributed by atoms with E-state index >= 15 is 0 Å². The van der Waals surface area contributed by atoms with Crippen LogP contribution in [0.25, 0.3) is 0 Å². The van der Waals surface area contributed by atoms with Gasteiger partial charge in [0.1, 0.15) is 5.75 Å². The van der Waals surface area contributed by atoms with E-state index in [2.05, 4.69) is 5.32 Å². The average Bonchev–Trinajstić information content (AvgIpc) is 3.23. The molecule has 1 saturated heterocycles. The molecule has 1 fully saturated rings. The fourth-order valence-corrected chi connectivity index (χ4v) is 5.74. The van der Waals surface area contributed by atoms with Crippen molar-refractivity contribution in [3.8, 4) is 17.2 Å². The van der Waals surface area contributed by atoms with Crippen LogP contribution in [0.3, 0.4) is 0 Å². The lowest BCUT2D eigenvalue weighted by Gasteiger charge is -2.21. The van der Waals surface area contributed by atoms with E-state index in [1.807, 2.05) is 0 Å². The number of nitrogens with one attached hydrogen (secondary N) is 1. The summed E-state index contributed by atoms with van der Waals surface area (Å²) in [5, 5.41) is 3.02. The molecule has 8 nitrogen and oxygen atoms in total. The summed E-state index contributed by atoms with van der Waals surface area (Å²) in [6, 6.07) is 7.53. The predicted molar refractivity (Wildman–Crippen MR) is 125 cm³/mol. The minimum absolute atomic E-state index is 0.109. The van der Waals surface area contributed by atoms with Crippen LogP contribution in [0.1, 0.15) is 42.5 Å². The maximum Gasteiger partial charge on any atom is 0.255 e. The van der Waals surface area contributed by atoms with Crippen molar-refractivity contribution in [1.82, 2.24) is 4.31 Å². The van der Waals surface area contributed by atoms with Crippen molar-refractivity contribution in [3.63, 3.8) is 0 Å². The third kappa shape index (κ3) is 5.20. The first-order valence-corrected chi connectivity index (χ1v) is 12.8. The number of hydrogen-bond donors (Lipinski definition) is 1. The molecule has 2 heterocycles. The second-order valence-electron chi connectivity index (χ2n) is 7.97. The molecule has 2 aliphatic heterocycles. The lowest BCUT2D eigenvalue weighted by molar-refractivity contribution is 0.102. The van der Waals surface area contributed by atoms with Gasteiger partial charge in [-0.2, -0.15) is 4.31 Å². The van der Waals surface area contributed by atoms with Gasteiger partial charge in [0.2, 0.25) is 10.0 Å². The van der Waals surface area contributed by atoms with E-state index in [-0.39, 0.29) is 21.2 Å². The van der Waals surface area contributed by atoms with E-state index in [4.69, 9.17) is 25.8 Å². The fraction of sp³-hybridized carbons (Fsp3) is 0.435. The highest BCUT2D eigenvalue weighted by Crippen LogP contribution is 2.38. The van der Waals surface area contributed by atoms with Crippen molar-refractivity contribution < 1.29 is 27.4 Å². The first-order valence-electron chi connectivity index (χ1n) is 11.0. The number of anilines is 1. The van der Waals surface area contributed by atoms with Gasteiger partial charge in [-0.3, -0.25) is 4.79 Å². The van der Waals surface area contributed by atoms with Gasteiger partial charge in [-0.15, -0.1) is 0 Å². The number of rotatable bonds is 5. The second-order valence-corrected chi connectivity index (χ2v) is 10.3.